The molecule has 1 unspecified atom stereocenters. The lowest BCUT2D eigenvalue weighted by atomic mass is 10.1. The molecule has 0 aliphatic heterocycles. The summed E-state index contributed by atoms with van der Waals surface area (Å²) in [4.78, 5) is 17.9. The first-order valence-electron chi connectivity index (χ1n) is 6.36. The van der Waals surface area contributed by atoms with Crippen molar-refractivity contribution in [2.45, 2.75) is 39.3 Å². The second-order valence-corrected chi connectivity index (χ2v) is 4.23. The minimum Gasteiger partial charge on any atom is -0.293 e. The lowest BCUT2D eigenvalue weighted by Gasteiger charge is -2.29. The van der Waals surface area contributed by atoms with Crippen LogP contribution in [0.3, 0.4) is 0 Å². The molecule has 1 amide bonds. The van der Waals surface area contributed by atoms with Gasteiger partial charge in [-0.2, -0.15) is 0 Å². The molecule has 5 nitrogen and oxygen atoms in total. The van der Waals surface area contributed by atoms with Crippen molar-refractivity contribution in [1.82, 2.24) is 15.3 Å². The number of likely N-dealkylation sites (N-methyl/N-ethyl adjacent to an activating group) is 1. The van der Waals surface area contributed by atoms with Crippen LogP contribution in [-0.4, -0.2) is 28.4 Å². The van der Waals surface area contributed by atoms with Crippen molar-refractivity contribution in [2.75, 3.05) is 6.54 Å². The summed E-state index contributed by atoms with van der Waals surface area (Å²) in [6.45, 7) is 5.65. The van der Waals surface area contributed by atoms with Crippen molar-refractivity contribution in [3.8, 4) is 0 Å². The fraction of sp³-hybridized carbons (Fsp3) is 0.538. The average molecular weight is 250 g/mol. The van der Waals surface area contributed by atoms with Crippen molar-refractivity contribution in [3.05, 3.63) is 30.1 Å². The van der Waals surface area contributed by atoms with Crippen LogP contribution in [0.4, 0.5) is 0 Å². The number of carbonyl (C=O) groups excluding carboxylic acids is 1. The third kappa shape index (κ3) is 4.09. The normalized spacial score (nSPS) is 12.4. The number of nitrogens with two attached hydrogens (primary N) is 1. The third-order valence-electron chi connectivity index (χ3n) is 2.99. The van der Waals surface area contributed by atoms with Crippen molar-refractivity contribution < 1.29 is 4.79 Å². The zero-order chi connectivity index (χ0) is 13.4. The second-order valence-electron chi connectivity index (χ2n) is 4.23. The van der Waals surface area contributed by atoms with Gasteiger partial charge < -0.3 is 0 Å². The van der Waals surface area contributed by atoms with E-state index in [0.29, 0.717) is 0 Å². The van der Waals surface area contributed by atoms with Gasteiger partial charge in [-0.05, 0) is 30.7 Å². The van der Waals surface area contributed by atoms with Crippen molar-refractivity contribution in [2.24, 2.45) is 5.84 Å². The third-order valence-corrected chi connectivity index (χ3v) is 2.99. The largest absolute Gasteiger partial charge is 0.293 e. The zero-order valence-electron chi connectivity index (χ0n) is 11.1. The van der Waals surface area contributed by atoms with Gasteiger partial charge in [0.1, 0.15) is 0 Å². The lowest BCUT2D eigenvalue weighted by Crippen LogP contribution is -2.48. The molecule has 0 aliphatic rings. The first-order valence-corrected chi connectivity index (χ1v) is 6.36. The first-order chi connectivity index (χ1) is 8.72. The van der Waals surface area contributed by atoms with Gasteiger partial charge in [0.25, 0.3) is 5.91 Å². The molecule has 3 N–H and O–H groups in total. The van der Waals surface area contributed by atoms with Gasteiger partial charge >= 0.3 is 0 Å². The van der Waals surface area contributed by atoms with Gasteiger partial charge in [0.2, 0.25) is 0 Å². The summed E-state index contributed by atoms with van der Waals surface area (Å²) in [5.41, 5.74) is 3.41. The van der Waals surface area contributed by atoms with Crippen LogP contribution in [0, 0.1) is 0 Å². The maximum absolute atomic E-state index is 11.8. The van der Waals surface area contributed by atoms with Gasteiger partial charge in [-0.25, -0.2) is 5.84 Å². The Kier molecular flexibility index (Phi) is 6.32. The molecule has 1 aromatic heterocycles. The molecule has 18 heavy (non-hydrogen) atoms. The van der Waals surface area contributed by atoms with Gasteiger partial charge in [0.15, 0.2) is 0 Å². The van der Waals surface area contributed by atoms with E-state index in [-0.39, 0.29) is 11.9 Å². The minimum absolute atomic E-state index is 0.118. The second kappa shape index (κ2) is 7.79. The minimum atomic E-state index is -0.168. The Bertz CT molecular complexity index is 355. The van der Waals surface area contributed by atoms with Gasteiger partial charge in [-0.3, -0.25) is 20.1 Å². The Morgan fingerprint density at radius 3 is 2.61 bits per heavy atom. The predicted molar refractivity (Wildman–Crippen MR) is 71.3 cm³/mol. The monoisotopic (exact) mass is 250 g/mol. The molecule has 1 heterocycles. The van der Waals surface area contributed by atoms with E-state index in [9.17, 15) is 4.79 Å². The molecule has 0 aliphatic carbocycles. The molecular formula is C13H22N4O. The molecule has 0 aromatic carbocycles. The molecule has 0 radical (unpaired) electrons. The maximum Gasteiger partial charge on any atom is 0.251 e. The summed E-state index contributed by atoms with van der Waals surface area (Å²) >= 11 is 0. The number of nitrogens with zero attached hydrogens (tertiary/aromatic N) is 2. The molecule has 0 saturated heterocycles. The van der Waals surface area contributed by atoms with Gasteiger partial charge in [-0.15, -0.1) is 0 Å². The summed E-state index contributed by atoms with van der Waals surface area (Å²) in [5.74, 6) is 5.14. The fourth-order valence-corrected chi connectivity index (χ4v) is 2.01. The van der Waals surface area contributed by atoms with E-state index in [1.165, 1.54) is 0 Å². The molecule has 0 bridgehead atoms. The predicted octanol–water partition coefficient (Wildman–Crippen LogP) is 1.06. The number of pyridine rings is 1. The Hall–Kier alpha value is -1.46. The van der Waals surface area contributed by atoms with Crippen LogP contribution >= 0.6 is 0 Å². The summed E-state index contributed by atoms with van der Waals surface area (Å²) in [6, 6.07) is 3.76. The molecule has 1 rings (SSSR count). The SMILES string of the molecule is CCCC(C(=O)NN)N(CC)Cc1ccncc1. The van der Waals surface area contributed by atoms with Crippen LogP contribution in [-0.2, 0) is 11.3 Å². The number of hydrogen-bond donors (Lipinski definition) is 2. The summed E-state index contributed by atoms with van der Waals surface area (Å²) in [5, 5.41) is 0. The van der Waals surface area contributed by atoms with Crippen LogP contribution in [0.15, 0.2) is 24.5 Å². The van der Waals surface area contributed by atoms with Crippen LogP contribution in [0.5, 0.6) is 0 Å². The summed E-state index contributed by atoms with van der Waals surface area (Å²) in [7, 11) is 0. The number of hydrazine groups is 1. The number of aromatic nitrogens is 1. The Balaban J connectivity index is 2.75. The Labute approximate surface area is 108 Å². The van der Waals surface area contributed by atoms with E-state index in [0.717, 1.165) is 31.5 Å². The molecule has 1 aromatic rings. The van der Waals surface area contributed by atoms with Crippen molar-refractivity contribution in [3.63, 3.8) is 0 Å². The molecule has 1 atom stereocenters. The van der Waals surface area contributed by atoms with Gasteiger partial charge in [-0.1, -0.05) is 20.3 Å². The fourth-order valence-electron chi connectivity index (χ4n) is 2.01. The zero-order valence-corrected chi connectivity index (χ0v) is 11.1. The molecule has 0 spiro atoms. The Morgan fingerprint density at radius 1 is 1.44 bits per heavy atom. The van der Waals surface area contributed by atoms with Crippen LogP contribution in [0.25, 0.3) is 0 Å². The topological polar surface area (TPSA) is 71.2 Å². The number of amides is 1. The van der Waals surface area contributed by atoms with E-state index in [4.69, 9.17) is 5.84 Å². The smallest absolute Gasteiger partial charge is 0.251 e. The number of carbonyl (C=O) groups is 1. The van der Waals surface area contributed by atoms with Gasteiger partial charge in [0.05, 0.1) is 6.04 Å². The van der Waals surface area contributed by atoms with E-state index >= 15 is 0 Å². The number of nitrogens with one attached hydrogen (secondary N) is 1. The standard InChI is InChI=1S/C13H22N4O/c1-3-5-12(13(18)16-14)17(4-2)10-11-6-8-15-9-7-11/h6-9,12H,3-5,10,14H2,1-2H3,(H,16,18). The summed E-state index contributed by atoms with van der Waals surface area (Å²) < 4.78 is 0. The first kappa shape index (κ1) is 14.6. The van der Waals surface area contributed by atoms with Crippen molar-refractivity contribution >= 4 is 5.91 Å². The highest BCUT2D eigenvalue weighted by atomic mass is 16.2. The summed E-state index contributed by atoms with van der Waals surface area (Å²) in [6.07, 6.45) is 5.29. The van der Waals surface area contributed by atoms with Gasteiger partial charge in [0, 0.05) is 18.9 Å². The van der Waals surface area contributed by atoms with E-state index in [1.807, 2.05) is 19.1 Å². The number of hydrogen-bond acceptors (Lipinski definition) is 4. The highest BCUT2D eigenvalue weighted by Gasteiger charge is 2.23. The molecule has 0 fully saturated rings. The molecule has 0 saturated carbocycles. The van der Waals surface area contributed by atoms with Crippen molar-refractivity contribution in [1.29, 1.82) is 0 Å². The van der Waals surface area contributed by atoms with E-state index < -0.39 is 0 Å². The Morgan fingerprint density at radius 2 is 2.11 bits per heavy atom. The van der Waals surface area contributed by atoms with E-state index in [2.05, 4.69) is 22.2 Å². The van der Waals surface area contributed by atoms with E-state index in [1.54, 1.807) is 12.4 Å². The highest BCUT2D eigenvalue weighted by Crippen LogP contribution is 2.12. The number of rotatable bonds is 7. The maximum atomic E-state index is 11.8. The lowest BCUT2D eigenvalue weighted by molar-refractivity contribution is -0.127. The molecular weight excluding hydrogens is 228 g/mol. The molecule has 100 valence electrons. The average Bonchev–Trinajstić information content (AvgIpc) is 2.43. The van der Waals surface area contributed by atoms with Crippen LogP contribution < -0.4 is 11.3 Å². The molecule has 5 heteroatoms. The highest BCUT2D eigenvalue weighted by molar-refractivity contribution is 5.81. The quantitative estimate of drug-likeness (QED) is 0.431. The van der Waals surface area contributed by atoms with Crippen LogP contribution in [0.1, 0.15) is 32.3 Å². The van der Waals surface area contributed by atoms with Crippen LogP contribution in [0.2, 0.25) is 0 Å².